The predicted molar refractivity (Wildman–Crippen MR) is 61.2 cm³/mol. The van der Waals surface area contributed by atoms with E-state index in [4.69, 9.17) is 11.5 Å². The molecule has 0 aliphatic carbocycles. The van der Waals surface area contributed by atoms with E-state index in [1.165, 1.54) is 24.5 Å². The Morgan fingerprint density at radius 2 is 2.00 bits per heavy atom. The third kappa shape index (κ3) is 2.30. The smallest absolute Gasteiger partial charge is 0.385 e. The van der Waals surface area contributed by atoms with Crippen molar-refractivity contribution in [1.82, 2.24) is 5.32 Å². The van der Waals surface area contributed by atoms with Crippen LogP contribution in [-0.4, -0.2) is 6.34 Å². The van der Waals surface area contributed by atoms with Gasteiger partial charge in [0.15, 0.2) is 5.66 Å². The van der Waals surface area contributed by atoms with Crippen molar-refractivity contribution in [1.29, 1.82) is 0 Å². The fourth-order valence-corrected chi connectivity index (χ4v) is 1.63. The number of nitrogens with two attached hydrogens (primary N) is 2. The van der Waals surface area contributed by atoms with Crippen molar-refractivity contribution in [2.45, 2.75) is 11.8 Å². The molecule has 5 N–H and O–H groups in total. The van der Waals surface area contributed by atoms with E-state index in [-0.39, 0.29) is 11.4 Å². The number of hydrogen-bond acceptors (Lipinski definition) is 4. The molecule has 1 unspecified atom stereocenters. The third-order valence-corrected chi connectivity index (χ3v) is 2.54. The summed E-state index contributed by atoms with van der Waals surface area (Å²) < 4.78 is 37.8. The SMILES string of the molecule is NC1=CC(N)(c2cccc(C(F)(F)F)c2)N=CN1. The first-order valence-electron chi connectivity index (χ1n) is 5.06. The lowest BCUT2D eigenvalue weighted by molar-refractivity contribution is -0.137. The van der Waals surface area contributed by atoms with Gasteiger partial charge in [0.25, 0.3) is 0 Å². The molecule has 0 radical (unpaired) electrons. The Balaban J connectivity index is 2.46. The summed E-state index contributed by atoms with van der Waals surface area (Å²) in [6.45, 7) is 0. The van der Waals surface area contributed by atoms with Crippen LogP contribution >= 0.6 is 0 Å². The molecule has 1 aromatic rings. The molecule has 2 rings (SSSR count). The number of nitrogens with one attached hydrogen (secondary N) is 1. The summed E-state index contributed by atoms with van der Waals surface area (Å²) >= 11 is 0. The zero-order valence-electron chi connectivity index (χ0n) is 9.20. The maximum atomic E-state index is 12.6. The molecule has 18 heavy (non-hydrogen) atoms. The second kappa shape index (κ2) is 4.02. The molecule has 7 heteroatoms. The molecule has 1 atom stereocenters. The first-order valence-corrected chi connectivity index (χ1v) is 5.06. The number of nitrogens with zero attached hydrogens (tertiary/aromatic N) is 1. The molecule has 0 saturated carbocycles. The summed E-state index contributed by atoms with van der Waals surface area (Å²) in [7, 11) is 0. The monoisotopic (exact) mass is 256 g/mol. The summed E-state index contributed by atoms with van der Waals surface area (Å²) in [6, 6.07) is 4.70. The van der Waals surface area contributed by atoms with Gasteiger partial charge in [0.05, 0.1) is 11.9 Å². The van der Waals surface area contributed by atoms with Crippen molar-refractivity contribution in [3.8, 4) is 0 Å². The number of aliphatic imine (C=N–C) groups is 1. The second-order valence-electron chi connectivity index (χ2n) is 3.91. The van der Waals surface area contributed by atoms with Gasteiger partial charge in [-0.3, -0.25) is 5.73 Å². The van der Waals surface area contributed by atoms with Crippen LogP contribution in [0.15, 0.2) is 41.2 Å². The van der Waals surface area contributed by atoms with Gasteiger partial charge in [0.2, 0.25) is 0 Å². The van der Waals surface area contributed by atoms with Crippen LogP contribution in [-0.2, 0) is 11.8 Å². The van der Waals surface area contributed by atoms with Gasteiger partial charge in [-0.25, -0.2) is 4.99 Å². The van der Waals surface area contributed by atoms with E-state index in [2.05, 4.69) is 10.3 Å². The number of alkyl halides is 3. The van der Waals surface area contributed by atoms with Gasteiger partial charge >= 0.3 is 6.18 Å². The van der Waals surface area contributed by atoms with Crippen LogP contribution in [0.4, 0.5) is 13.2 Å². The highest BCUT2D eigenvalue weighted by atomic mass is 19.4. The quantitative estimate of drug-likeness (QED) is 0.707. The highest BCUT2D eigenvalue weighted by Crippen LogP contribution is 2.32. The minimum absolute atomic E-state index is 0.220. The van der Waals surface area contributed by atoms with Gasteiger partial charge in [-0.15, -0.1) is 0 Å². The Kier molecular flexibility index (Phi) is 2.78. The molecule has 1 aromatic carbocycles. The molecule has 0 aromatic heterocycles. The molecule has 1 aliphatic rings. The van der Waals surface area contributed by atoms with Crippen molar-refractivity contribution >= 4 is 6.34 Å². The highest BCUT2D eigenvalue weighted by Gasteiger charge is 2.33. The van der Waals surface area contributed by atoms with E-state index in [0.29, 0.717) is 0 Å². The zero-order chi connectivity index (χ0) is 13.4. The lowest BCUT2D eigenvalue weighted by Gasteiger charge is -2.26. The normalized spacial score (nSPS) is 23.4. The summed E-state index contributed by atoms with van der Waals surface area (Å²) in [5.41, 5.74) is 9.52. The minimum atomic E-state index is -4.42. The van der Waals surface area contributed by atoms with Crippen LogP contribution < -0.4 is 16.8 Å². The van der Waals surface area contributed by atoms with Crippen LogP contribution in [0, 0.1) is 0 Å². The van der Waals surface area contributed by atoms with Crippen molar-refractivity contribution in [2.75, 3.05) is 0 Å². The third-order valence-electron chi connectivity index (χ3n) is 2.54. The fraction of sp³-hybridized carbons (Fsp3) is 0.182. The standard InChI is InChI=1S/C11H11F3N4/c12-11(13,14)8-3-1-2-7(4-8)10(16)5-9(15)17-6-18-10/h1-6H,15-16H2,(H,17,18). The van der Waals surface area contributed by atoms with Gasteiger partial charge in [-0.2, -0.15) is 13.2 Å². The predicted octanol–water partition coefficient (Wildman–Crippen LogP) is 1.25. The number of halogens is 3. The molecule has 0 spiro atoms. The second-order valence-corrected chi connectivity index (χ2v) is 3.91. The molecule has 96 valence electrons. The molecule has 0 amide bonds. The molecular formula is C11H11F3N4. The van der Waals surface area contributed by atoms with Crippen LogP contribution in [0.2, 0.25) is 0 Å². The fourth-order valence-electron chi connectivity index (χ4n) is 1.63. The lowest BCUT2D eigenvalue weighted by Crippen LogP contribution is -2.39. The molecule has 0 saturated heterocycles. The van der Waals surface area contributed by atoms with E-state index in [1.807, 2.05) is 0 Å². The molecule has 1 aliphatic heterocycles. The number of hydrogen-bond donors (Lipinski definition) is 3. The van der Waals surface area contributed by atoms with Crippen LogP contribution in [0.3, 0.4) is 0 Å². The Morgan fingerprint density at radius 1 is 1.28 bits per heavy atom. The van der Waals surface area contributed by atoms with Crippen molar-refractivity contribution in [2.24, 2.45) is 16.5 Å². The largest absolute Gasteiger partial charge is 0.416 e. The van der Waals surface area contributed by atoms with Gasteiger partial charge in [-0.1, -0.05) is 12.1 Å². The molecule has 4 nitrogen and oxygen atoms in total. The molecule has 0 bridgehead atoms. The molecular weight excluding hydrogens is 245 g/mol. The Hall–Kier alpha value is -2.02. The van der Waals surface area contributed by atoms with Crippen molar-refractivity contribution in [3.63, 3.8) is 0 Å². The lowest BCUT2D eigenvalue weighted by atomic mass is 9.97. The molecule has 1 heterocycles. The number of benzene rings is 1. The van der Waals surface area contributed by atoms with E-state index >= 15 is 0 Å². The average Bonchev–Trinajstić information content (AvgIpc) is 2.28. The first-order chi connectivity index (χ1) is 8.31. The van der Waals surface area contributed by atoms with E-state index in [9.17, 15) is 13.2 Å². The van der Waals surface area contributed by atoms with Crippen LogP contribution in [0.1, 0.15) is 11.1 Å². The molecule has 0 fully saturated rings. The van der Waals surface area contributed by atoms with Crippen LogP contribution in [0.25, 0.3) is 0 Å². The highest BCUT2D eigenvalue weighted by molar-refractivity contribution is 5.61. The maximum absolute atomic E-state index is 12.6. The van der Waals surface area contributed by atoms with E-state index in [0.717, 1.165) is 12.1 Å². The number of rotatable bonds is 1. The first kappa shape index (κ1) is 12.4. The minimum Gasteiger partial charge on any atom is -0.385 e. The summed E-state index contributed by atoms with van der Waals surface area (Å²) in [6.07, 6.45) is -1.80. The topological polar surface area (TPSA) is 76.4 Å². The van der Waals surface area contributed by atoms with Gasteiger partial charge in [0.1, 0.15) is 5.82 Å². The van der Waals surface area contributed by atoms with Gasteiger partial charge in [0, 0.05) is 6.08 Å². The summed E-state index contributed by atoms with van der Waals surface area (Å²) in [5, 5.41) is 2.60. The Morgan fingerprint density at radius 3 is 2.61 bits per heavy atom. The van der Waals surface area contributed by atoms with E-state index < -0.39 is 17.4 Å². The van der Waals surface area contributed by atoms with Crippen LogP contribution in [0.5, 0.6) is 0 Å². The average molecular weight is 256 g/mol. The zero-order valence-corrected chi connectivity index (χ0v) is 9.20. The Labute approximate surface area is 101 Å². The van der Waals surface area contributed by atoms with Crippen molar-refractivity contribution < 1.29 is 13.2 Å². The van der Waals surface area contributed by atoms with E-state index in [1.54, 1.807) is 0 Å². The van der Waals surface area contributed by atoms with Crippen molar-refractivity contribution in [3.05, 3.63) is 47.3 Å². The maximum Gasteiger partial charge on any atom is 0.416 e. The Bertz CT molecular complexity index is 521. The van der Waals surface area contributed by atoms with Gasteiger partial charge in [-0.05, 0) is 17.7 Å². The summed E-state index contributed by atoms with van der Waals surface area (Å²) in [5.74, 6) is 0.241. The summed E-state index contributed by atoms with van der Waals surface area (Å²) in [4.78, 5) is 3.92. The van der Waals surface area contributed by atoms with Gasteiger partial charge < -0.3 is 11.1 Å².